The number of aryl methyl sites for hydroxylation is 1. The molecule has 3 N–H and O–H groups in total. The van der Waals surface area contributed by atoms with E-state index in [9.17, 15) is 9.59 Å². The predicted octanol–water partition coefficient (Wildman–Crippen LogP) is 0.744. The topological polar surface area (TPSA) is 101 Å². The molecule has 2 rings (SSSR count). The molecule has 1 aliphatic heterocycles. The van der Waals surface area contributed by atoms with Crippen molar-refractivity contribution >= 4 is 17.8 Å². The molecule has 2 amide bonds. The minimum absolute atomic E-state index is 0.0257. The van der Waals surface area contributed by atoms with Gasteiger partial charge in [0.1, 0.15) is 0 Å². The second-order valence-corrected chi connectivity index (χ2v) is 5.98. The number of nitrogen functional groups attached to an aromatic ring is 1. The van der Waals surface area contributed by atoms with Gasteiger partial charge in [-0.25, -0.2) is 9.97 Å². The van der Waals surface area contributed by atoms with Crippen molar-refractivity contribution in [3.63, 3.8) is 0 Å². The average molecular weight is 305 g/mol. The number of nitrogens with two attached hydrogens (primary N) is 1. The summed E-state index contributed by atoms with van der Waals surface area (Å²) in [5, 5.41) is 2.97. The highest BCUT2D eigenvalue weighted by atomic mass is 16.2. The maximum absolute atomic E-state index is 12.3. The van der Waals surface area contributed by atoms with Gasteiger partial charge in [0.15, 0.2) is 0 Å². The van der Waals surface area contributed by atoms with Crippen molar-refractivity contribution in [3.8, 4) is 0 Å². The standard InChI is InChI=1S/C15H23N5O2/c1-9(2)14(22)20-6-4-5-11(8-20)19-13(21)12-7-17-15(16)18-10(12)3/h7,9,11H,4-6,8H2,1-3H3,(H,19,21)(H2,16,17,18)/t11-/m0/s1. The normalized spacial score (nSPS) is 18.4. The van der Waals surface area contributed by atoms with Crippen LogP contribution in [0.5, 0.6) is 0 Å². The van der Waals surface area contributed by atoms with Crippen LogP contribution in [-0.2, 0) is 4.79 Å². The van der Waals surface area contributed by atoms with Crippen molar-refractivity contribution in [1.29, 1.82) is 0 Å². The lowest BCUT2D eigenvalue weighted by Gasteiger charge is -2.34. The number of anilines is 1. The number of nitrogens with one attached hydrogen (secondary N) is 1. The second-order valence-electron chi connectivity index (χ2n) is 5.98. The summed E-state index contributed by atoms with van der Waals surface area (Å²) in [4.78, 5) is 34.1. The Bertz CT molecular complexity index is 573. The molecule has 7 nitrogen and oxygen atoms in total. The molecule has 0 radical (unpaired) electrons. The lowest BCUT2D eigenvalue weighted by Crippen LogP contribution is -2.50. The van der Waals surface area contributed by atoms with Gasteiger partial charge < -0.3 is 16.0 Å². The molecule has 1 aromatic rings. The fraction of sp³-hybridized carbons (Fsp3) is 0.600. The lowest BCUT2D eigenvalue weighted by molar-refractivity contribution is -0.135. The first kappa shape index (κ1) is 16.2. The van der Waals surface area contributed by atoms with E-state index in [1.54, 1.807) is 6.92 Å². The molecule has 2 heterocycles. The number of likely N-dealkylation sites (tertiary alicyclic amines) is 1. The van der Waals surface area contributed by atoms with E-state index in [1.165, 1.54) is 6.20 Å². The molecule has 0 spiro atoms. The quantitative estimate of drug-likeness (QED) is 0.858. The van der Waals surface area contributed by atoms with Gasteiger partial charge in [-0.05, 0) is 19.8 Å². The Morgan fingerprint density at radius 1 is 1.45 bits per heavy atom. The maximum atomic E-state index is 12.3. The maximum Gasteiger partial charge on any atom is 0.254 e. The molecule has 1 atom stereocenters. The number of hydrogen-bond acceptors (Lipinski definition) is 5. The van der Waals surface area contributed by atoms with Crippen LogP contribution in [0, 0.1) is 12.8 Å². The summed E-state index contributed by atoms with van der Waals surface area (Å²) in [6.45, 7) is 6.81. The van der Waals surface area contributed by atoms with Crippen LogP contribution in [0.15, 0.2) is 6.20 Å². The molecule has 1 fully saturated rings. The summed E-state index contributed by atoms with van der Waals surface area (Å²) in [6, 6.07) is -0.0408. The zero-order valence-electron chi connectivity index (χ0n) is 13.3. The first-order chi connectivity index (χ1) is 10.4. The summed E-state index contributed by atoms with van der Waals surface area (Å²) in [7, 11) is 0. The van der Waals surface area contributed by atoms with Gasteiger partial charge in [-0.15, -0.1) is 0 Å². The molecular weight excluding hydrogens is 282 g/mol. The summed E-state index contributed by atoms with van der Waals surface area (Å²) in [6.07, 6.45) is 3.19. The van der Waals surface area contributed by atoms with E-state index in [0.717, 1.165) is 19.4 Å². The highest BCUT2D eigenvalue weighted by Crippen LogP contribution is 2.14. The summed E-state index contributed by atoms with van der Waals surface area (Å²) >= 11 is 0. The van der Waals surface area contributed by atoms with Crippen LogP contribution in [0.3, 0.4) is 0 Å². The highest BCUT2D eigenvalue weighted by molar-refractivity contribution is 5.95. The third-order valence-corrected chi connectivity index (χ3v) is 3.80. The highest BCUT2D eigenvalue weighted by Gasteiger charge is 2.26. The molecule has 1 saturated heterocycles. The van der Waals surface area contributed by atoms with Gasteiger partial charge in [-0.2, -0.15) is 0 Å². The van der Waals surface area contributed by atoms with Gasteiger partial charge in [0, 0.05) is 31.2 Å². The van der Waals surface area contributed by atoms with Gasteiger partial charge in [0.2, 0.25) is 11.9 Å². The van der Waals surface area contributed by atoms with Gasteiger partial charge in [0.25, 0.3) is 5.91 Å². The number of amides is 2. The van der Waals surface area contributed by atoms with Crippen LogP contribution >= 0.6 is 0 Å². The van der Waals surface area contributed by atoms with Crippen molar-refractivity contribution in [2.24, 2.45) is 5.92 Å². The average Bonchev–Trinajstić information content (AvgIpc) is 2.46. The van der Waals surface area contributed by atoms with Crippen molar-refractivity contribution in [2.75, 3.05) is 18.8 Å². The molecule has 22 heavy (non-hydrogen) atoms. The number of carbonyl (C=O) groups excluding carboxylic acids is 2. The summed E-state index contributed by atoms with van der Waals surface area (Å²) in [5.41, 5.74) is 6.46. The monoisotopic (exact) mass is 305 g/mol. The Morgan fingerprint density at radius 3 is 2.82 bits per heavy atom. The van der Waals surface area contributed by atoms with E-state index in [1.807, 2.05) is 18.7 Å². The van der Waals surface area contributed by atoms with Gasteiger partial charge >= 0.3 is 0 Å². The van der Waals surface area contributed by atoms with Gasteiger partial charge in [0.05, 0.1) is 11.3 Å². The first-order valence-corrected chi connectivity index (χ1v) is 7.57. The molecule has 120 valence electrons. The molecule has 7 heteroatoms. The van der Waals surface area contributed by atoms with Crippen LogP contribution in [0.4, 0.5) is 5.95 Å². The zero-order valence-corrected chi connectivity index (χ0v) is 13.3. The number of nitrogens with zero attached hydrogens (tertiary/aromatic N) is 3. The van der Waals surface area contributed by atoms with Crippen LogP contribution in [0.25, 0.3) is 0 Å². The molecule has 1 aliphatic rings. The SMILES string of the molecule is Cc1nc(N)ncc1C(=O)N[C@H]1CCCN(C(=O)C(C)C)C1. The Balaban J connectivity index is 2.00. The zero-order chi connectivity index (χ0) is 16.3. The van der Waals surface area contributed by atoms with Crippen molar-refractivity contribution in [1.82, 2.24) is 20.2 Å². The fourth-order valence-corrected chi connectivity index (χ4v) is 2.63. The number of rotatable bonds is 3. The Kier molecular flexibility index (Phi) is 4.95. The molecule has 0 aromatic carbocycles. The van der Waals surface area contributed by atoms with E-state index >= 15 is 0 Å². The number of piperidine rings is 1. The van der Waals surface area contributed by atoms with Crippen molar-refractivity contribution in [3.05, 3.63) is 17.5 Å². The van der Waals surface area contributed by atoms with E-state index in [2.05, 4.69) is 15.3 Å². The van der Waals surface area contributed by atoms with Crippen LogP contribution in [0.1, 0.15) is 42.7 Å². The van der Waals surface area contributed by atoms with Gasteiger partial charge in [-0.1, -0.05) is 13.8 Å². The Labute approximate surface area is 130 Å². The van der Waals surface area contributed by atoms with E-state index in [0.29, 0.717) is 17.8 Å². The largest absolute Gasteiger partial charge is 0.368 e. The van der Waals surface area contributed by atoms with Crippen LogP contribution in [-0.4, -0.2) is 45.8 Å². The third-order valence-electron chi connectivity index (χ3n) is 3.80. The summed E-state index contributed by atoms with van der Waals surface area (Å²) < 4.78 is 0. The smallest absolute Gasteiger partial charge is 0.254 e. The van der Waals surface area contributed by atoms with Crippen molar-refractivity contribution < 1.29 is 9.59 Å². The van der Waals surface area contributed by atoms with Crippen LogP contribution < -0.4 is 11.1 Å². The Hall–Kier alpha value is -2.18. The number of aromatic nitrogens is 2. The fourth-order valence-electron chi connectivity index (χ4n) is 2.63. The minimum Gasteiger partial charge on any atom is -0.368 e. The number of carbonyl (C=O) groups is 2. The third kappa shape index (κ3) is 3.72. The van der Waals surface area contributed by atoms with Gasteiger partial charge in [-0.3, -0.25) is 9.59 Å². The molecular formula is C15H23N5O2. The molecule has 0 saturated carbocycles. The van der Waals surface area contributed by atoms with E-state index < -0.39 is 0 Å². The molecule has 0 bridgehead atoms. The predicted molar refractivity (Wildman–Crippen MR) is 83.1 cm³/mol. The minimum atomic E-state index is -0.221. The number of hydrogen-bond donors (Lipinski definition) is 2. The second kappa shape index (κ2) is 6.72. The Morgan fingerprint density at radius 2 is 2.18 bits per heavy atom. The molecule has 0 aliphatic carbocycles. The van der Waals surface area contributed by atoms with Crippen LogP contribution in [0.2, 0.25) is 0 Å². The molecule has 0 unspecified atom stereocenters. The van der Waals surface area contributed by atoms with E-state index in [4.69, 9.17) is 5.73 Å². The van der Waals surface area contributed by atoms with E-state index in [-0.39, 0.29) is 29.7 Å². The molecule has 1 aromatic heterocycles. The summed E-state index contributed by atoms with van der Waals surface area (Å²) in [5.74, 6) is 0.0370. The lowest BCUT2D eigenvalue weighted by atomic mass is 10.0. The van der Waals surface area contributed by atoms with Crippen molar-refractivity contribution in [2.45, 2.75) is 39.7 Å². The first-order valence-electron chi connectivity index (χ1n) is 7.57.